The predicted molar refractivity (Wildman–Crippen MR) is 63.1 cm³/mol. The van der Waals surface area contributed by atoms with Crippen molar-refractivity contribution in [3.05, 3.63) is 29.8 Å². The molecule has 1 aromatic carbocycles. The summed E-state index contributed by atoms with van der Waals surface area (Å²) in [6.07, 6.45) is 1.14. The van der Waals surface area contributed by atoms with E-state index in [0.29, 0.717) is 12.8 Å². The molecule has 0 aliphatic rings. The van der Waals surface area contributed by atoms with Gasteiger partial charge in [-0.25, -0.2) is 5.01 Å². The molecule has 1 N–H and O–H groups in total. The fourth-order valence-electron chi connectivity index (χ4n) is 1.46. The smallest absolute Gasteiger partial charge is 0.234 e. The minimum Gasteiger partial charge on any atom is -0.496 e. The van der Waals surface area contributed by atoms with Crippen molar-refractivity contribution in [2.75, 3.05) is 21.2 Å². The molecule has 0 heterocycles. The molecule has 1 rings (SSSR count). The molecule has 0 radical (unpaired) electrons. The zero-order valence-electron chi connectivity index (χ0n) is 9.99. The molecule has 0 aliphatic heterocycles. The van der Waals surface area contributed by atoms with Crippen molar-refractivity contribution in [1.29, 1.82) is 0 Å². The Bertz CT molecular complexity index is 351. The normalized spacial score (nSPS) is 10.2. The number of aryl methyl sites for hydroxylation is 1. The Morgan fingerprint density at radius 1 is 1.38 bits per heavy atom. The van der Waals surface area contributed by atoms with Crippen molar-refractivity contribution in [2.24, 2.45) is 0 Å². The van der Waals surface area contributed by atoms with Gasteiger partial charge < -0.3 is 4.74 Å². The van der Waals surface area contributed by atoms with Crippen LogP contribution in [0.25, 0.3) is 0 Å². The van der Waals surface area contributed by atoms with E-state index >= 15 is 0 Å². The monoisotopic (exact) mass is 222 g/mol. The number of rotatable bonds is 5. The highest BCUT2D eigenvalue weighted by atomic mass is 16.5. The standard InChI is InChI=1S/C12H18N2O2/c1-14(2)13-12(15)9-8-10-6-4-5-7-11(10)16-3/h4-7H,8-9H2,1-3H3,(H,13,15). The molecule has 0 atom stereocenters. The van der Waals surface area contributed by atoms with Crippen LogP contribution in [0.2, 0.25) is 0 Å². The Morgan fingerprint density at radius 3 is 2.69 bits per heavy atom. The average Bonchev–Trinajstić information content (AvgIpc) is 2.26. The number of amides is 1. The zero-order valence-corrected chi connectivity index (χ0v) is 9.99. The molecule has 0 aliphatic carbocycles. The number of nitrogens with one attached hydrogen (secondary N) is 1. The summed E-state index contributed by atoms with van der Waals surface area (Å²) in [5.74, 6) is 0.844. The molecule has 16 heavy (non-hydrogen) atoms. The van der Waals surface area contributed by atoms with E-state index in [1.165, 1.54) is 0 Å². The minimum atomic E-state index is 0.0101. The molecule has 0 unspecified atom stereocenters. The van der Waals surface area contributed by atoms with Crippen LogP contribution < -0.4 is 10.2 Å². The average molecular weight is 222 g/mol. The lowest BCUT2D eigenvalue weighted by Gasteiger charge is -2.12. The molecule has 1 amide bonds. The van der Waals surface area contributed by atoms with Crippen molar-refractivity contribution < 1.29 is 9.53 Å². The first-order chi connectivity index (χ1) is 7.63. The number of hydrazine groups is 1. The van der Waals surface area contributed by atoms with Gasteiger partial charge in [0.2, 0.25) is 5.91 Å². The van der Waals surface area contributed by atoms with E-state index in [2.05, 4.69) is 5.43 Å². The molecule has 0 saturated carbocycles. The molecule has 0 bridgehead atoms. The zero-order chi connectivity index (χ0) is 12.0. The summed E-state index contributed by atoms with van der Waals surface area (Å²) < 4.78 is 5.22. The van der Waals surface area contributed by atoms with Crippen LogP contribution in [0.1, 0.15) is 12.0 Å². The number of carbonyl (C=O) groups excluding carboxylic acids is 1. The van der Waals surface area contributed by atoms with Crippen LogP contribution in [0.15, 0.2) is 24.3 Å². The largest absolute Gasteiger partial charge is 0.496 e. The van der Waals surface area contributed by atoms with E-state index in [-0.39, 0.29) is 5.91 Å². The number of hydrogen-bond acceptors (Lipinski definition) is 3. The Kier molecular flexibility index (Phi) is 4.79. The van der Waals surface area contributed by atoms with Crippen LogP contribution in [0.5, 0.6) is 5.75 Å². The van der Waals surface area contributed by atoms with Gasteiger partial charge in [0.25, 0.3) is 0 Å². The predicted octanol–water partition coefficient (Wildman–Crippen LogP) is 1.22. The van der Waals surface area contributed by atoms with E-state index in [1.54, 1.807) is 26.2 Å². The topological polar surface area (TPSA) is 41.6 Å². The van der Waals surface area contributed by atoms with Gasteiger partial charge in [0, 0.05) is 20.5 Å². The molecule has 4 heteroatoms. The Morgan fingerprint density at radius 2 is 2.06 bits per heavy atom. The fraction of sp³-hybridized carbons (Fsp3) is 0.417. The molecule has 0 fully saturated rings. The van der Waals surface area contributed by atoms with Crippen molar-refractivity contribution in [1.82, 2.24) is 10.4 Å². The van der Waals surface area contributed by atoms with Gasteiger partial charge in [0.1, 0.15) is 5.75 Å². The van der Waals surface area contributed by atoms with Gasteiger partial charge in [-0.1, -0.05) is 18.2 Å². The first-order valence-corrected chi connectivity index (χ1v) is 5.22. The van der Waals surface area contributed by atoms with Gasteiger partial charge in [-0.15, -0.1) is 0 Å². The highest BCUT2D eigenvalue weighted by Crippen LogP contribution is 2.18. The second-order valence-corrected chi connectivity index (χ2v) is 3.74. The second kappa shape index (κ2) is 6.12. The van der Waals surface area contributed by atoms with E-state index in [0.717, 1.165) is 11.3 Å². The lowest BCUT2D eigenvalue weighted by atomic mass is 10.1. The number of benzene rings is 1. The molecule has 0 spiro atoms. The second-order valence-electron chi connectivity index (χ2n) is 3.74. The third-order valence-electron chi connectivity index (χ3n) is 2.16. The van der Waals surface area contributed by atoms with Crippen LogP contribution in [-0.4, -0.2) is 32.1 Å². The summed E-state index contributed by atoms with van der Waals surface area (Å²) in [5.41, 5.74) is 3.76. The first kappa shape index (κ1) is 12.5. The highest BCUT2D eigenvalue weighted by molar-refractivity contribution is 5.75. The maximum atomic E-state index is 11.4. The Hall–Kier alpha value is -1.55. The van der Waals surface area contributed by atoms with Crippen LogP contribution in [0, 0.1) is 0 Å². The maximum absolute atomic E-state index is 11.4. The van der Waals surface area contributed by atoms with Crippen molar-refractivity contribution >= 4 is 5.91 Å². The van der Waals surface area contributed by atoms with E-state index in [1.807, 2.05) is 24.3 Å². The van der Waals surface area contributed by atoms with Crippen molar-refractivity contribution in [3.63, 3.8) is 0 Å². The highest BCUT2D eigenvalue weighted by Gasteiger charge is 2.06. The number of carbonyl (C=O) groups is 1. The summed E-state index contributed by atoms with van der Waals surface area (Å²) in [6.45, 7) is 0. The molecule has 4 nitrogen and oxygen atoms in total. The fourth-order valence-corrected chi connectivity index (χ4v) is 1.46. The Labute approximate surface area is 96.2 Å². The lowest BCUT2D eigenvalue weighted by molar-refractivity contribution is -0.124. The van der Waals surface area contributed by atoms with Crippen LogP contribution in [0.3, 0.4) is 0 Å². The first-order valence-electron chi connectivity index (χ1n) is 5.22. The number of nitrogens with zero attached hydrogens (tertiary/aromatic N) is 1. The summed E-state index contributed by atoms with van der Waals surface area (Å²) >= 11 is 0. The van der Waals surface area contributed by atoms with Gasteiger partial charge in [-0.3, -0.25) is 10.2 Å². The summed E-state index contributed by atoms with van der Waals surface area (Å²) in [4.78, 5) is 11.4. The van der Waals surface area contributed by atoms with E-state index < -0.39 is 0 Å². The van der Waals surface area contributed by atoms with E-state index in [4.69, 9.17) is 4.74 Å². The van der Waals surface area contributed by atoms with Gasteiger partial charge in [-0.05, 0) is 18.1 Å². The summed E-state index contributed by atoms with van der Waals surface area (Å²) in [5, 5.41) is 1.64. The molecule has 88 valence electrons. The van der Waals surface area contributed by atoms with Gasteiger partial charge in [0.15, 0.2) is 0 Å². The van der Waals surface area contributed by atoms with E-state index in [9.17, 15) is 4.79 Å². The molecule has 0 saturated heterocycles. The third-order valence-corrected chi connectivity index (χ3v) is 2.16. The number of para-hydroxylation sites is 1. The number of hydrogen-bond donors (Lipinski definition) is 1. The lowest BCUT2D eigenvalue weighted by Crippen LogP contribution is -2.36. The van der Waals surface area contributed by atoms with Crippen molar-refractivity contribution in [3.8, 4) is 5.75 Å². The third kappa shape index (κ3) is 3.90. The minimum absolute atomic E-state index is 0.0101. The quantitative estimate of drug-likeness (QED) is 0.762. The van der Waals surface area contributed by atoms with Gasteiger partial charge in [0.05, 0.1) is 7.11 Å². The van der Waals surface area contributed by atoms with Crippen LogP contribution in [-0.2, 0) is 11.2 Å². The van der Waals surface area contributed by atoms with Gasteiger partial charge >= 0.3 is 0 Å². The SMILES string of the molecule is COc1ccccc1CCC(=O)NN(C)C. The molecule has 0 aromatic heterocycles. The number of methoxy groups -OCH3 is 1. The Balaban J connectivity index is 2.51. The van der Waals surface area contributed by atoms with Crippen LogP contribution in [0.4, 0.5) is 0 Å². The molecular formula is C12H18N2O2. The molecular weight excluding hydrogens is 204 g/mol. The van der Waals surface area contributed by atoms with Crippen molar-refractivity contribution in [2.45, 2.75) is 12.8 Å². The van der Waals surface area contributed by atoms with Gasteiger partial charge in [-0.2, -0.15) is 0 Å². The maximum Gasteiger partial charge on any atom is 0.234 e. The summed E-state index contributed by atoms with van der Waals surface area (Å²) in [7, 11) is 5.22. The summed E-state index contributed by atoms with van der Waals surface area (Å²) in [6, 6.07) is 7.74. The molecule has 1 aromatic rings. The van der Waals surface area contributed by atoms with Crippen LogP contribution >= 0.6 is 0 Å². The number of ether oxygens (including phenoxy) is 1.